The summed E-state index contributed by atoms with van der Waals surface area (Å²) in [5, 5.41) is 0. The molecule has 0 unspecified atom stereocenters. The Balaban J connectivity index is 2.01. The molecule has 8 heavy (non-hydrogen) atoms. The summed E-state index contributed by atoms with van der Waals surface area (Å²) in [5.74, 6) is 0. The SMILES string of the molecule is CCOCC1(F)CC1. The van der Waals surface area contributed by atoms with Gasteiger partial charge in [-0.15, -0.1) is 0 Å². The lowest BCUT2D eigenvalue weighted by Crippen LogP contribution is -2.09. The molecule has 0 atom stereocenters. The van der Waals surface area contributed by atoms with Crippen molar-refractivity contribution in [2.75, 3.05) is 13.2 Å². The molecular formula is C6H11FO. The fraction of sp³-hybridized carbons (Fsp3) is 1.00. The average Bonchev–Trinajstić information content (AvgIpc) is 2.45. The van der Waals surface area contributed by atoms with Crippen LogP contribution in [0.5, 0.6) is 0 Å². The van der Waals surface area contributed by atoms with E-state index in [2.05, 4.69) is 0 Å². The fourth-order valence-electron chi connectivity index (χ4n) is 0.565. The molecule has 48 valence electrons. The first-order valence-electron chi connectivity index (χ1n) is 3.03. The zero-order valence-corrected chi connectivity index (χ0v) is 5.11. The zero-order valence-electron chi connectivity index (χ0n) is 5.11. The predicted molar refractivity (Wildman–Crippen MR) is 29.6 cm³/mol. The lowest BCUT2D eigenvalue weighted by atomic mass is 10.4. The van der Waals surface area contributed by atoms with Crippen molar-refractivity contribution in [1.29, 1.82) is 0 Å². The van der Waals surface area contributed by atoms with Gasteiger partial charge in [-0.1, -0.05) is 0 Å². The van der Waals surface area contributed by atoms with E-state index >= 15 is 0 Å². The van der Waals surface area contributed by atoms with Crippen molar-refractivity contribution < 1.29 is 9.13 Å². The summed E-state index contributed by atoms with van der Waals surface area (Å²) < 4.78 is 17.4. The first kappa shape index (κ1) is 6.02. The van der Waals surface area contributed by atoms with Gasteiger partial charge in [0.1, 0.15) is 5.67 Å². The van der Waals surface area contributed by atoms with Gasteiger partial charge in [0.05, 0.1) is 6.61 Å². The van der Waals surface area contributed by atoms with Gasteiger partial charge < -0.3 is 4.74 Å². The van der Waals surface area contributed by atoms with Gasteiger partial charge in [0.15, 0.2) is 0 Å². The molecule has 1 nitrogen and oxygen atoms in total. The highest BCUT2D eigenvalue weighted by atomic mass is 19.1. The second kappa shape index (κ2) is 2.02. The Hall–Kier alpha value is -0.110. The molecule has 0 N–H and O–H groups in total. The van der Waals surface area contributed by atoms with Crippen molar-refractivity contribution in [2.24, 2.45) is 0 Å². The fourth-order valence-corrected chi connectivity index (χ4v) is 0.565. The van der Waals surface area contributed by atoms with Crippen molar-refractivity contribution in [1.82, 2.24) is 0 Å². The standard InChI is InChI=1S/C6H11FO/c1-2-8-5-6(7)3-4-6/h2-5H2,1H3. The van der Waals surface area contributed by atoms with E-state index in [4.69, 9.17) is 4.74 Å². The van der Waals surface area contributed by atoms with E-state index in [0.717, 1.165) is 0 Å². The lowest BCUT2D eigenvalue weighted by Gasteiger charge is -2.01. The molecule has 2 heteroatoms. The van der Waals surface area contributed by atoms with Gasteiger partial charge in [-0.25, -0.2) is 4.39 Å². The van der Waals surface area contributed by atoms with Gasteiger partial charge in [0.2, 0.25) is 0 Å². The third kappa shape index (κ3) is 1.44. The van der Waals surface area contributed by atoms with E-state index in [1.807, 2.05) is 6.92 Å². The molecule has 0 aromatic heterocycles. The maximum absolute atomic E-state index is 12.6. The number of hydrogen-bond donors (Lipinski definition) is 0. The second-order valence-electron chi connectivity index (χ2n) is 2.29. The van der Waals surface area contributed by atoms with E-state index in [1.165, 1.54) is 0 Å². The molecule has 1 rings (SSSR count). The van der Waals surface area contributed by atoms with Crippen LogP contribution in [0.3, 0.4) is 0 Å². The van der Waals surface area contributed by atoms with E-state index in [9.17, 15) is 4.39 Å². The number of alkyl halides is 1. The Morgan fingerprint density at radius 1 is 1.62 bits per heavy atom. The molecule has 0 aromatic carbocycles. The topological polar surface area (TPSA) is 9.23 Å². The molecule has 0 heterocycles. The summed E-state index contributed by atoms with van der Waals surface area (Å²) in [6, 6.07) is 0. The van der Waals surface area contributed by atoms with Crippen molar-refractivity contribution in [3.05, 3.63) is 0 Å². The minimum absolute atomic E-state index is 0.309. The number of ether oxygens (including phenoxy) is 1. The van der Waals surface area contributed by atoms with E-state index in [0.29, 0.717) is 26.1 Å². The van der Waals surface area contributed by atoms with Crippen LogP contribution < -0.4 is 0 Å². The van der Waals surface area contributed by atoms with Crippen LogP contribution in [0.1, 0.15) is 19.8 Å². The van der Waals surface area contributed by atoms with Crippen molar-refractivity contribution in [3.63, 3.8) is 0 Å². The monoisotopic (exact) mass is 118 g/mol. The van der Waals surface area contributed by atoms with Crippen LogP contribution in [0.25, 0.3) is 0 Å². The molecule has 0 aromatic rings. The Kier molecular flexibility index (Phi) is 1.52. The second-order valence-corrected chi connectivity index (χ2v) is 2.29. The molecule has 1 fully saturated rings. The first-order chi connectivity index (χ1) is 3.77. The normalized spacial score (nSPS) is 23.2. The molecule has 1 saturated carbocycles. The summed E-state index contributed by atoms with van der Waals surface area (Å²) in [6.07, 6.45) is 1.40. The molecule has 0 amide bonds. The van der Waals surface area contributed by atoms with E-state index in [-0.39, 0.29) is 0 Å². The van der Waals surface area contributed by atoms with Gasteiger partial charge in [-0.3, -0.25) is 0 Å². The quantitative estimate of drug-likeness (QED) is 0.546. The van der Waals surface area contributed by atoms with Gasteiger partial charge in [0.25, 0.3) is 0 Å². The van der Waals surface area contributed by atoms with Gasteiger partial charge >= 0.3 is 0 Å². The molecule has 0 radical (unpaired) electrons. The minimum Gasteiger partial charge on any atom is -0.378 e. The molecule has 0 aliphatic heterocycles. The van der Waals surface area contributed by atoms with Gasteiger partial charge in [0, 0.05) is 6.61 Å². The third-order valence-corrected chi connectivity index (χ3v) is 1.36. The summed E-state index contributed by atoms with van der Waals surface area (Å²) in [7, 11) is 0. The van der Waals surface area contributed by atoms with Crippen molar-refractivity contribution in [2.45, 2.75) is 25.4 Å². The number of rotatable bonds is 3. The summed E-state index contributed by atoms with van der Waals surface area (Å²) in [5.41, 5.74) is -0.921. The Morgan fingerprint density at radius 2 is 2.25 bits per heavy atom. The predicted octanol–water partition coefficient (Wildman–Crippen LogP) is 1.52. The van der Waals surface area contributed by atoms with Crippen molar-refractivity contribution in [3.8, 4) is 0 Å². The van der Waals surface area contributed by atoms with Crippen LogP contribution in [-0.4, -0.2) is 18.9 Å². The number of halogens is 1. The zero-order chi connectivity index (χ0) is 6.04. The Labute approximate surface area is 48.8 Å². The first-order valence-corrected chi connectivity index (χ1v) is 3.03. The number of hydrogen-bond acceptors (Lipinski definition) is 1. The van der Waals surface area contributed by atoms with Crippen LogP contribution in [-0.2, 0) is 4.74 Å². The largest absolute Gasteiger partial charge is 0.378 e. The van der Waals surface area contributed by atoms with Crippen LogP contribution in [0, 0.1) is 0 Å². The Morgan fingerprint density at radius 3 is 2.62 bits per heavy atom. The molecule has 0 bridgehead atoms. The molecule has 0 spiro atoms. The summed E-state index contributed by atoms with van der Waals surface area (Å²) in [4.78, 5) is 0. The maximum atomic E-state index is 12.6. The highest BCUT2D eigenvalue weighted by Crippen LogP contribution is 2.39. The van der Waals surface area contributed by atoms with E-state index < -0.39 is 5.67 Å². The molecular weight excluding hydrogens is 107 g/mol. The molecule has 1 aliphatic rings. The van der Waals surface area contributed by atoms with Crippen LogP contribution in [0.15, 0.2) is 0 Å². The highest BCUT2D eigenvalue weighted by Gasteiger charge is 2.43. The average molecular weight is 118 g/mol. The summed E-state index contributed by atoms with van der Waals surface area (Å²) >= 11 is 0. The van der Waals surface area contributed by atoms with Crippen LogP contribution in [0.2, 0.25) is 0 Å². The van der Waals surface area contributed by atoms with Gasteiger partial charge in [-0.05, 0) is 19.8 Å². The Bertz CT molecular complexity index is 78.6. The molecule has 1 aliphatic carbocycles. The van der Waals surface area contributed by atoms with Crippen LogP contribution >= 0.6 is 0 Å². The van der Waals surface area contributed by atoms with Gasteiger partial charge in [-0.2, -0.15) is 0 Å². The molecule has 0 saturated heterocycles. The lowest BCUT2D eigenvalue weighted by molar-refractivity contribution is 0.0779. The highest BCUT2D eigenvalue weighted by molar-refractivity contribution is 4.93. The smallest absolute Gasteiger partial charge is 0.134 e. The minimum atomic E-state index is -0.921. The maximum Gasteiger partial charge on any atom is 0.134 e. The van der Waals surface area contributed by atoms with E-state index in [1.54, 1.807) is 0 Å². The summed E-state index contributed by atoms with van der Waals surface area (Å²) in [6.45, 7) is 2.82. The van der Waals surface area contributed by atoms with Crippen molar-refractivity contribution >= 4 is 0 Å². The third-order valence-electron chi connectivity index (χ3n) is 1.36. The van der Waals surface area contributed by atoms with Crippen LogP contribution in [0.4, 0.5) is 4.39 Å².